The minimum absolute atomic E-state index is 0.860. The summed E-state index contributed by atoms with van der Waals surface area (Å²) in [7, 11) is 4.31. The minimum Gasteiger partial charge on any atom is -0.375 e. The van der Waals surface area contributed by atoms with Crippen LogP contribution in [0.25, 0.3) is 0 Å². The molecule has 0 amide bonds. The van der Waals surface area contributed by atoms with Gasteiger partial charge in [-0.05, 0) is 95.5 Å². The van der Waals surface area contributed by atoms with Crippen LogP contribution in [0.3, 0.4) is 0 Å². The average molecular weight is 585 g/mol. The Kier molecular flexibility index (Phi) is 11.6. The number of benzene rings is 2. The van der Waals surface area contributed by atoms with Gasteiger partial charge in [0.05, 0.1) is 51.0 Å². The summed E-state index contributed by atoms with van der Waals surface area (Å²) in [6.07, 6.45) is 11.7. The van der Waals surface area contributed by atoms with Crippen molar-refractivity contribution in [2.45, 2.75) is 73.1 Å². The molecule has 0 unspecified atom stereocenters. The van der Waals surface area contributed by atoms with Crippen molar-refractivity contribution >= 4 is 34.6 Å². The topological polar surface area (TPSA) is 73.5 Å². The van der Waals surface area contributed by atoms with Crippen LogP contribution in [0, 0.1) is 0 Å². The standard InChI is InChI=1S/C33H48N10/c1-7-40-24-25-41(8-2)32(40)36-34-28-14-18-30(19-15-28)38(5)22-12-11-13-23-39(6)31-20-16-29(17-21-31)35-37-33-42(9-3)26-27-43(33)10-4/h14-21,24-27H,7-13,22-23H2,1-6H3/q+2. The summed E-state index contributed by atoms with van der Waals surface area (Å²) in [4.78, 5) is 4.62. The molecular formula is C33H48N10+2. The van der Waals surface area contributed by atoms with Gasteiger partial charge in [-0.2, -0.15) is 0 Å². The second kappa shape index (κ2) is 15.8. The molecule has 0 atom stereocenters. The first-order valence-electron chi connectivity index (χ1n) is 15.6. The molecule has 0 fully saturated rings. The van der Waals surface area contributed by atoms with Crippen molar-refractivity contribution in [3.8, 4) is 0 Å². The van der Waals surface area contributed by atoms with Crippen molar-refractivity contribution in [1.29, 1.82) is 0 Å². The smallest absolute Gasteiger partial charge is 0.375 e. The van der Waals surface area contributed by atoms with Gasteiger partial charge in [0.25, 0.3) is 0 Å². The van der Waals surface area contributed by atoms with Gasteiger partial charge in [0.1, 0.15) is 11.4 Å². The van der Waals surface area contributed by atoms with Gasteiger partial charge in [0.2, 0.25) is 0 Å². The van der Waals surface area contributed by atoms with Crippen molar-refractivity contribution in [2.24, 2.45) is 20.5 Å². The maximum Gasteiger partial charge on any atom is 0.421 e. The Balaban J connectivity index is 1.19. The van der Waals surface area contributed by atoms with Crippen LogP contribution in [0.2, 0.25) is 0 Å². The zero-order valence-corrected chi connectivity index (χ0v) is 26.8. The fraction of sp³-hybridized carbons (Fsp3) is 0.455. The molecular weight excluding hydrogens is 536 g/mol. The van der Waals surface area contributed by atoms with Crippen LogP contribution in [0.15, 0.2) is 93.8 Å². The van der Waals surface area contributed by atoms with Crippen LogP contribution >= 0.6 is 0 Å². The van der Waals surface area contributed by atoms with Gasteiger partial charge in [-0.3, -0.25) is 0 Å². The van der Waals surface area contributed by atoms with Crippen LogP contribution in [-0.4, -0.2) is 36.3 Å². The lowest BCUT2D eigenvalue weighted by Gasteiger charge is -2.21. The third-order valence-electron chi connectivity index (χ3n) is 7.82. The van der Waals surface area contributed by atoms with Gasteiger partial charge < -0.3 is 9.80 Å². The zero-order chi connectivity index (χ0) is 30.6. The highest BCUT2D eigenvalue weighted by Gasteiger charge is 2.15. The Hall–Kier alpha value is -4.34. The molecule has 0 saturated heterocycles. The van der Waals surface area contributed by atoms with Gasteiger partial charge in [0.15, 0.2) is 0 Å². The number of rotatable bonds is 16. The Morgan fingerprint density at radius 2 is 0.953 bits per heavy atom. The molecule has 43 heavy (non-hydrogen) atoms. The third-order valence-corrected chi connectivity index (χ3v) is 7.82. The molecule has 0 aliphatic rings. The van der Waals surface area contributed by atoms with E-state index in [4.69, 9.17) is 0 Å². The van der Waals surface area contributed by atoms with Crippen molar-refractivity contribution < 1.29 is 9.13 Å². The Labute approximate surface area is 256 Å². The normalized spacial score (nSPS) is 11.7. The van der Waals surface area contributed by atoms with Crippen molar-refractivity contribution in [1.82, 2.24) is 9.13 Å². The van der Waals surface area contributed by atoms with Crippen LogP contribution in [-0.2, 0) is 26.2 Å². The molecule has 0 radical (unpaired) electrons. The molecule has 2 heterocycles. The second-order valence-corrected chi connectivity index (χ2v) is 10.7. The highest BCUT2D eigenvalue weighted by atomic mass is 15.3. The molecule has 4 aromatic rings. The van der Waals surface area contributed by atoms with Crippen molar-refractivity contribution in [3.63, 3.8) is 0 Å². The molecule has 0 spiro atoms. The molecule has 10 nitrogen and oxygen atoms in total. The van der Waals surface area contributed by atoms with Crippen molar-refractivity contribution in [2.75, 3.05) is 37.0 Å². The summed E-state index contributed by atoms with van der Waals surface area (Å²) in [5, 5.41) is 18.0. The van der Waals surface area contributed by atoms with Crippen LogP contribution in [0.5, 0.6) is 0 Å². The number of aromatic nitrogens is 4. The van der Waals surface area contributed by atoms with E-state index in [1.165, 1.54) is 17.8 Å². The number of aryl methyl sites for hydroxylation is 4. The summed E-state index contributed by atoms with van der Waals surface area (Å²) in [5.74, 6) is 1.75. The summed E-state index contributed by atoms with van der Waals surface area (Å²) in [5.41, 5.74) is 4.11. The minimum atomic E-state index is 0.860. The SMILES string of the molecule is CCn1cc[n+](CC)c1N=Nc1ccc(N(C)CCCCCN(C)c2ccc(N=Nc3n(CC)cc[n+]3CC)cc2)cc1. The number of hydrogen-bond donors (Lipinski definition) is 0. The van der Waals surface area contributed by atoms with Crippen LogP contribution in [0.1, 0.15) is 47.0 Å². The predicted molar refractivity (Wildman–Crippen MR) is 174 cm³/mol. The van der Waals surface area contributed by atoms with E-state index in [0.29, 0.717) is 0 Å². The number of unbranched alkanes of at least 4 members (excludes halogenated alkanes) is 2. The lowest BCUT2D eigenvalue weighted by molar-refractivity contribution is -0.680. The third kappa shape index (κ3) is 8.37. The Morgan fingerprint density at radius 1 is 0.558 bits per heavy atom. The van der Waals surface area contributed by atoms with E-state index >= 15 is 0 Å². The largest absolute Gasteiger partial charge is 0.421 e. The molecule has 228 valence electrons. The van der Waals surface area contributed by atoms with Gasteiger partial charge in [-0.25, -0.2) is 18.3 Å². The number of anilines is 2. The highest BCUT2D eigenvalue weighted by Crippen LogP contribution is 2.23. The molecule has 0 aliphatic heterocycles. The Morgan fingerprint density at radius 3 is 1.30 bits per heavy atom. The first-order valence-corrected chi connectivity index (χ1v) is 15.6. The Bertz CT molecular complexity index is 1310. The summed E-state index contributed by atoms with van der Waals surface area (Å²) in [6, 6.07) is 16.7. The van der Waals surface area contributed by atoms with E-state index in [2.05, 4.69) is 115 Å². The summed E-state index contributed by atoms with van der Waals surface area (Å²) < 4.78 is 8.41. The van der Waals surface area contributed by atoms with E-state index < -0.39 is 0 Å². The quantitative estimate of drug-likeness (QED) is 0.0776. The monoisotopic (exact) mass is 584 g/mol. The fourth-order valence-electron chi connectivity index (χ4n) is 5.02. The summed E-state index contributed by atoms with van der Waals surface area (Å²) >= 11 is 0. The predicted octanol–water partition coefficient (Wildman–Crippen LogP) is 7.52. The molecule has 2 aromatic heterocycles. The first-order chi connectivity index (χ1) is 21.0. The van der Waals surface area contributed by atoms with Crippen LogP contribution < -0.4 is 18.9 Å². The van der Waals surface area contributed by atoms with Gasteiger partial charge in [0, 0.05) is 48.8 Å². The molecule has 2 aromatic carbocycles. The molecule has 0 aliphatic carbocycles. The number of nitrogens with zero attached hydrogens (tertiary/aromatic N) is 10. The molecule has 4 rings (SSSR count). The highest BCUT2D eigenvalue weighted by molar-refractivity contribution is 5.53. The van der Waals surface area contributed by atoms with Gasteiger partial charge in [-0.15, -0.1) is 0 Å². The average Bonchev–Trinajstić information content (AvgIpc) is 3.65. The van der Waals surface area contributed by atoms with E-state index in [0.717, 1.165) is 75.4 Å². The van der Waals surface area contributed by atoms with Crippen LogP contribution in [0.4, 0.5) is 34.6 Å². The lowest BCUT2D eigenvalue weighted by Crippen LogP contribution is -2.30. The zero-order valence-electron chi connectivity index (χ0n) is 26.8. The van der Waals surface area contributed by atoms with Crippen molar-refractivity contribution in [3.05, 3.63) is 73.3 Å². The van der Waals surface area contributed by atoms with Gasteiger partial charge >= 0.3 is 11.9 Å². The molecule has 0 bridgehead atoms. The molecule has 10 heteroatoms. The second-order valence-electron chi connectivity index (χ2n) is 10.7. The first kappa shape index (κ1) is 31.6. The lowest BCUT2D eigenvalue weighted by atomic mass is 10.2. The molecule has 0 saturated carbocycles. The number of azo groups is 2. The van der Waals surface area contributed by atoms with Gasteiger partial charge in [-0.1, -0.05) is 10.2 Å². The number of hydrogen-bond acceptors (Lipinski definition) is 6. The number of imidazole rings is 2. The van der Waals surface area contributed by atoms with E-state index in [9.17, 15) is 0 Å². The van der Waals surface area contributed by atoms with E-state index in [-0.39, 0.29) is 0 Å². The summed E-state index contributed by atoms with van der Waals surface area (Å²) in [6.45, 7) is 14.0. The maximum absolute atomic E-state index is 4.52. The fourth-order valence-corrected chi connectivity index (χ4v) is 5.02. The van der Waals surface area contributed by atoms with E-state index in [1.807, 2.05) is 49.1 Å². The maximum atomic E-state index is 4.52. The van der Waals surface area contributed by atoms with E-state index in [1.54, 1.807) is 0 Å². The molecule has 0 N–H and O–H groups in total.